The molecule has 1 amide bonds. The van der Waals surface area contributed by atoms with Gasteiger partial charge in [0.05, 0.1) is 24.8 Å². The van der Waals surface area contributed by atoms with Crippen LogP contribution in [-0.4, -0.2) is 41.7 Å². The molecule has 7 heteroatoms. The van der Waals surface area contributed by atoms with Gasteiger partial charge in [-0.3, -0.25) is 9.78 Å². The maximum atomic E-state index is 12.6. The molecule has 4 rings (SSSR count). The lowest BCUT2D eigenvalue weighted by atomic mass is 9.92. The van der Waals surface area contributed by atoms with Crippen LogP contribution in [0, 0.1) is 0 Å². The predicted molar refractivity (Wildman–Crippen MR) is 117 cm³/mol. The van der Waals surface area contributed by atoms with Gasteiger partial charge in [0.1, 0.15) is 18.1 Å². The molecule has 0 saturated heterocycles. The van der Waals surface area contributed by atoms with Gasteiger partial charge in [0.2, 0.25) is 5.88 Å². The van der Waals surface area contributed by atoms with E-state index in [-0.39, 0.29) is 18.1 Å². The fourth-order valence-corrected chi connectivity index (χ4v) is 3.62. The molecular formula is C24H25N3O4. The van der Waals surface area contributed by atoms with Crippen molar-refractivity contribution in [2.45, 2.75) is 32.4 Å². The van der Waals surface area contributed by atoms with Crippen molar-refractivity contribution in [1.82, 2.24) is 15.3 Å². The first-order chi connectivity index (χ1) is 15.0. The number of rotatable bonds is 6. The summed E-state index contributed by atoms with van der Waals surface area (Å²) in [6.07, 6.45) is 5.57. The molecule has 0 bridgehead atoms. The van der Waals surface area contributed by atoms with Crippen LogP contribution >= 0.6 is 0 Å². The van der Waals surface area contributed by atoms with Crippen LogP contribution in [-0.2, 0) is 6.42 Å². The summed E-state index contributed by atoms with van der Waals surface area (Å²) >= 11 is 0. The quantitative estimate of drug-likeness (QED) is 0.656. The van der Waals surface area contributed by atoms with E-state index in [0.29, 0.717) is 24.5 Å². The third kappa shape index (κ3) is 4.60. The number of benzene rings is 1. The van der Waals surface area contributed by atoms with Crippen LogP contribution in [0.25, 0.3) is 11.1 Å². The summed E-state index contributed by atoms with van der Waals surface area (Å²) in [5, 5.41) is 3.05. The second-order valence-electron chi connectivity index (χ2n) is 7.60. The van der Waals surface area contributed by atoms with E-state index >= 15 is 0 Å². The second-order valence-corrected chi connectivity index (χ2v) is 7.60. The summed E-state index contributed by atoms with van der Waals surface area (Å²) < 4.78 is 17.3. The molecular weight excluding hydrogens is 394 g/mol. The largest absolute Gasteiger partial charge is 0.491 e. The molecule has 0 fully saturated rings. The van der Waals surface area contributed by atoms with Crippen LogP contribution in [0.2, 0.25) is 0 Å². The molecule has 0 saturated carbocycles. The van der Waals surface area contributed by atoms with Crippen LogP contribution in [0.3, 0.4) is 0 Å². The molecule has 3 aromatic rings. The molecule has 1 N–H and O–H groups in total. The molecule has 1 aromatic carbocycles. The van der Waals surface area contributed by atoms with Gasteiger partial charge in [-0.25, -0.2) is 4.98 Å². The van der Waals surface area contributed by atoms with Crippen LogP contribution in [0.5, 0.6) is 17.4 Å². The molecule has 3 heterocycles. The van der Waals surface area contributed by atoms with Crippen LogP contribution in [0.4, 0.5) is 0 Å². The van der Waals surface area contributed by atoms with Crippen molar-refractivity contribution in [3.63, 3.8) is 0 Å². The summed E-state index contributed by atoms with van der Waals surface area (Å²) in [7, 11) is 1.59. The van der Waals surface area contributed by atoms with Gasteiger partial charge in [-0.1, -0.05) is 0 Å². The highest BCUT2D eigenvalue weighted by Crippen LogP contribution is 2.41. The number of methoxy groups -OCH3 is 1. The fraction of sp³-hybridized carbons (Fsp3) is 0.292. The molecule has 1 aliphatic rings. The number of nitrogens with one attached hydrogen (secondary N) is 1. The summed E-state index contributed by atoms with van der Waals surface area (Å²) in [4.78, 5) is 21.0. The van der Waals surface area contributed by atoms with E-state index in [1.54, 1.807) is 37.8 Å². The zero-order chi connectivity index (χ0) is 21.8. The molecule has 1 atom stereocenters. The number of fused-ring (bicyclic) bond motifs is 1. The highest BCUT2D eigenvalue weighted by Gasteiger charge is 2.27. The average Bonchev–Trinajstić information content (AvgIpc) is 2.79. The first kappa shape index (κ1) is 20.7. The van der Waals surface area contributed by atoms with Crippen molar-refractivity contribution in [3.8, 4) is 28.5 Å². The SMILES string of the molecule is COc1ccc(-c2c(OC(C)C)ccc3c2C[C@H](NC(=O)c2cccnc2)CO3)cn1. The molecule has 31 heavy (non-hydrogen) atoms. The van der Waals surface area contributed by atoms with Crippen LogP contribution in [0.1, 0.15) is 29.8 Å². The molecule has 0 spiro atoms. The van der Waals surface area contributed by atoms with E-state index in [4.69, 9.17) is 14.2 Å². The number of pyridine rings is 2. The number of amides is 1. The highest BCUT2D eigenvalue weighted by molar-refractivity contribution is 5.94. The summed E-state index contributed by atoms with van der Waals surface area (Å²) in [6.45, 7) is 4.37. The first-order valence-corrected chi connectivity index (χ1v) is 10.2. The third-order valence-corrected chi connectivity index (χ3v) is 4.98. The number of carbonyl (C=O) groups is 1. The van der Waals surface area contributed by atoms with E-state index in [2.05, 4.69) is 15.3 Å². The Hall–Kier alpha value is -3.61. The predicted octanol–water partition coefficient (Wildman–Crippen LogP) is 3.67. The van der Waals surface area contributed by atoms with Gasteiger partial charge in [0.25, 0.3) is 5.91 Å². The summed E-state index contributed by atoms with van der Waals surface area (Å²) in [5.74, 6) is 1.91. The Balaban J connectivity index is 1.67. The number of hydrogen-bond acceptors (Lipinski definition) is 6. The molecule has 2 aromatic heterocycles. The standard InChI is InChI=1S/C24H25N3O4/c1-15(2)31-21-8-7-20-19(23(21)16-6-9-22(29-3)26-13-16)11-18(14-30-20)27-24(28)17-5-4-10-25-12-17/h4-10,12-13,15,18H,11,14H2,1-3H3,(H,27,28)/t18-/m0/s1. The van der Waals surface area contributed by atoms with Crippen molar-refractivity contribution in [3.05, 3.63) is 66.1 Å². The second kappa shape index (κ2) is 9.04. The van der Waals surface area contributed by atoms with Crippen molar-refractivity contribution in [2.24, 2.45) is 0 Å². The zero-order valence-electron chi connectivity index (χ0n) is 17.8. The number of carbonyl (C=O) groups excluding carboxylic acids is 1. The summed E-state index contributed by atoms with van der Waals surface area (Å²) in [5.41, 5.74) is 3.32. The van der Waals surface area contributed by atoms with E-state index in [1.165, 1.54) is 0 Å². The van der Waals surface area contributed by atoms with Gasteiger partial charge in [0, 0.05) is 47.8 Å². The van der Waals surface area contributed by atoms with Crippen molar-refractivity contribution in [2.75, 3.05) is 13.7 Å². The maximum Gasteiger partial charge on any atom is 0.253 e. The Labute approximate surface area is 181 Å². The fourth-order valence-electron chi connectivity index (χ4n) is 3.62. The molecule has 0 radical (unpaired) electrons. The molecule has 0 aliphatic carbocycles. The minimum atomic E-state index is -0.181. The average molecular weight is 419 g/mol. The van der Waals surface area contributed by atoms with Crippen LogP contribution in [0.15, 0.2) is 55.0 Å². The molecule has 0 unspecified atom stereocenters. The zero-order valence-corrected chi connectivity index (χ0v) is 17.8. The number of ether oxygens (including phenoxy) is 3. The van der Waals surface area contributed by atoms with Crippen molar-refractivity contribution >= 4 is 5.91 Å². The third-order valence-electron chi connectivity index (χ3n) is 4.98. The van der Waals surface area contributed by atoms with Crippen molar-refractivity contribution in [1.29, 1.82) is 0 Å². The molecule has 160 valence electrons. The Bertz CT molecular complexity index is 1050. The van der Waals surface area contributed by atoms with E-state index < -0.39 is 0 Å². The number of hydrogen-bond donors (Lipinski definition) is 1. The topological polar surface area (TPSA) is 82.6 Å². The first-order valence-electron chi connectivity index (χ1n) is 10.2. The lowest BCUT2D eigenvalue weighted by Gasteiger charge is -2.29. The van der Waals surface area contributed by atoms with Gasteiger partial charge in [-0.2, -0.15) is 0 Å². The Morgan fingerprint density at radius 3 is 2.74 bits per heavy atom. The molecule has 7 nitrogen and oxygen atoms in total. The highest BCUT2D eigenvalue weighted by atomic mass is 16.5. The Morgan fingerprint density at radius 2 is 2.06 bits per heavy atom. The Morgan fingerprint density at radius 1 is 1.19 bits per heavy atom. The minimum Gasteiger partial charge on any atom is -0.491 e. The number of aromatic nitrogens is 2. The van der Waals surface area contributed by atoms with E-state index in [9.17, 15) is 4.79 Å². The van der Waals surface area contributed by atoms with E-state index in [1.807, 2.05) is 38.1 Å². The number of nitrogens with zero attached hydrogens (tertiary/aromatic N) is 2. The van der Waals surface area contributed by atoms with Gasteiger partial charge in [-0.15, -0.1) is 0 Å². The summed E-state index contributed by atoms with van der Waals surface area (Å²) in [6, 6.07) is 10.9. The smallest absolute Gasteiger partial charge is 0.253 e. The lowest BCUT2D eigenvalue weighted by molar-refractivity contribution is 0.0915. The Kier molecular flexibility index (Phi) is 6.02. The van der Waals surface area contributed by atoms with Gasteiger partial charge >= 0.3 is 0 Å². The molecule has 1 aliphatic heterocycles. The minimum absolute atomic E-state index is 0.00796. The van der Waals surface area contributed by atoms with Crippen molar-refractivity contribution < 1.29 is 19.0 Å². The lowest BCUT2D eigenvalue weighted by Crippen LogP contribution is -2.43. The monoisotopic (exact) mass is 419 g/mol. The van der Waals surface area contributed by atoms with Gasteiger partial charge in [0.15, 0.2) is 0 Å². The normalized spacial score (nSPS) is 15.0. The van der Waals surface area contributed by atoms with E-state index in [0.717, 1.165) is 28.2 Å². The van der Waals surface area contributed by atoms with Gasteiger partial charge < -0.3 is 19.5 Å². The van der Waals surface area contributed by atoms with Gasteiger partial charge in [-0.05, 0) is 44.2 Å². The maximum absolute atomic E-state index is 12.6. The van der Waals surface area contributed by atoms with Crippen LogP contribution < -0.4 is 19.5 Å².